The van der Waals surface area contributed by atoms with Gasteiger partial charge >= 0.3 is 0 Å². The highest BCUT2D eigenvalue weighted by molar-refractivity contribution is 6.30. The number of aromatic amines is 1. The van der Waals surface area contributed by atoms with Crippen molar-refractivity contribution in [2.75, 3.05) is 19.7 Å². The molecule has 0 spiro atoms. The number of hydrogen-bond donors (Lipinski definition) is 1. The lowest BCUT2D eigenvalue weighted by atomic mass is 9.95. The fraction of sp³-hybridized carbons (Fsp3) is 0.444. The lowest BCUT2D eigenvalue weighted by Crippen LogP contribution is -2.42. The van der Waals surface area contributed by atoms with Crippen molar-refractivity contribution >= 4 is 17.5 Å². The van der Waals surface area contributed by atoms with Crippen molar-refractivity contribution in [3.63, 3.8) is 0 Å². The molecule has 1 fully saturated rings. The molecular weight excluding hydrogens is 326 g/mol. The molecule has 2 heterocycles. The summed E-state index contributed by atoms with van der Waals surface area (Å²) in [5.41, 5.74) is 3.88. The van der Waals surface area contributed by atoms with E-state index in [-0.39, 0.29) is 12.0 Å². The van der Waals surface area contributed by atoms with E-state index in [4.69, 9.17) is 16.3 Å². The minimum absolute atomic E-state index is 0.0108. The van der Waals surface area contributed by atoms with Gasteiger partial charge in [0.15, 0.2) is 5.69 Å². The van der Waals surface area contributed by atoms with Crippen LogP contribution in [0.4, 0.5) is 0 Å². The quantitative estimate of drug-likeness (QED) is 0.909. The van der Waals surface area contributed by atoms with Gasteiger partial charge in [-0.2, -0.15) is 5.10 Å². The van der Waals surface area contributed by atoms with Gasteiger partial charge in [0.05, 0.1) is 13.2 Å². The van der Waals surface area contributed by atoms with Crippen LogP contribution in [0.15, 0.2) is 24.3 Å². The van der Waals surface area contributed by atoms with Gasteiger partial charge < -0.3 is 9.64 Å². The molecule has 1 aliphatic carbocycles. The van der Waals surface area contributed by atoms with Crippen molar-refractivity contribution in [2.45, 2.75) is 31.8 Å². The van der Waals surface area contributed by atoms with E-state index in [1.807, 2.05) is 29.2 Å². The predicted octanol–water partition coefficient (Wildman–Crippen LogP) is 3.16. The van der Waals surface area contributed by atoms with Crippen LogP contribution in [-0.4, -0.2) is 40.7 Å². The zero-order chi connectivity index (χ0) is 16.5. The third kappa shape index (κ3) is 2.94. The van der Waals surface area contributed by atoms with Crippen LogP contribution in [0.3, 0.4) is 0 Å². The number of fused-ring (bicyclic) bond motifs is 1. The van der Waals surface area contributed by atoms with E-state index < -0.39 is 0 Å². The number of carbonyl (C=O) groups excluding carboxylic acids is 1. The Morgan fingerprint density at radius 2 is 2.04 bits per heavy atom. The normalized spacial score (nSPS) is 20.7. The van der Waals surface area contributed by atoms with E-state index >= 15 is 0 Å². The number of H-pyrrole nitrogens is 1. The zero-order valence-corrected chi connectivity index (χ0v) is 14.2. The highest BCUT2D eigenvalue weighted by atomic mass is 35.5. The number of aromatic nitrogens is 2. The van der Waals surface area contributed by atoms with Crippen molar-refractivity contribution in [1.82, 2.24) is 15.1 Å². The largest absolute Gasteiger partial charge is 0.370 e. The third-order valence-corrected chi connectivity index (χ3v) is 5.11. The molecule has 1 amide bonds. The SMILES string of the molecule is O=C(c1n[nH]c2c1CCCC2)N1CCO[C@@H](c2ccc(Cl)cc2)C1. The molecule has 0 saturated carbocycles. The summed E-state index contributed by atoms with van der Waals surface area (Å²) in [5.74, 6) is 0.0108. The Hall–Kier alpha value is -1.85. The van der Waals surface area contributed by atoms with E-state index in [1.165, 1.54) is 6.42 Å². The average Bonchev–Trinajstić information content (AvgIpc) is 3.06. The zero-order valence-electron chi connectivity index (χ0n) is 13.4. The van der Waals surface area contributed by atoms with Crippen LogP contribution in [0, 0.1) is 0 Å². The second-order valence-electron chi connectivity index (χ2n) is 6.40. The van der Waals surface area contributed by atoms with Gasteiger partial charge in [0, 0.05) is 22.8 Å². The first-order valence-electron chi connectivity index (χ1n) is 8.45. The molecule has 2 aromatic rings. The Balaban J connectivity index is 1.52. The number of hydrogen-bond acceptors (Lipinski definition) is 3. The molecule has 1 N–H and O–H groups in total. The smallest absolute Gasteiger partial charge is 0.274 e. The molecule has 0 bridgehead atoms. The van der Waals surface area contributed by atoms with Gasteiger partial charge in [0.1, 0.15) is 6.10 Å². The number of ether oxygens (including phenoxy) is 1. The molecule has 126 valence electrons. The van der Waals surface area contributed by atoms with Crippen LogP contribution >= 0.6 is 11.6 Å². The number of nitrogens with zero attached hydrogens (tertiary/aromatic N) is 2. The molecule has 24 heavy (non-hydrogen) atoms. The summed E-state index contributed by atoms with van der Waals surface area (Å²) in [6, 6.07) is 7.62. The molecule has 1 aromatic carbocycles. The number of amides is 1. The number of halogens is 1. The first-order chi connectivity index (χ1) is 11.7. The number of rotatable bonds is 2. The molecular formula is C18H20ClN3O2. The Morgan fingerprint density at radius 3 is 2.88 bits per heavy atom. The minimum atomic E-state index is -0.116. The molecule has 6 heteroatoms. The second-order valence-corrected chi connectivity index (χ2v) is 6.84. The second kappa shape index (κ2) is 6.57. The fourth-order valence-corrected chi connectivity index (χ4v) is 3.65. The summed E-state index contributed by atoms with van der Waals surface area (Å²) in [6.45, 7) is 1.68. The number of nitrogens with one attached hydrogen (secondary N) is 1. The molecule has 1 saturated heterocycles. The van der Waals surface area contributed by atoms with Gasteiger partial charge in [-0.25, -0.2) is 0 Å². The van der Waals surface area contributed by atoms with E-state index in [1.54, 1.807) is 0 Å². The van der Waals surface area contributed by atoms with E-state index in [0.717, 1.165) is 36.1 Å². The average molecular weight is 346 g/mol. The third-order valence-electron chi connectivity index (χ3n) is 4.85. The Kier molecular flexibility index (Phi) is 4.29. The van der Waals surface area contributed by atoms with E-state index in [2.05, 4.69) is 10.2 Å². The Labute approximate surface area is 145 Å². The monoisotopic (exact) mass is 345 g/mol. The van der Waals surface area contributed by atoms with E-state index in [0.29, 0.717) is 30.4 Å². The van der Waals surface area contributed by atoms with Crippen molar-refractivity contribution in [1.29, 1.82) is 0 Å². The molecule has 1 aliphatic heterocycles. The predicted molar refractivity (Wildman–Crippen MR) is 91.3 cm³/mol. The van der Waals surface area contributed by atoms with Gasteiger partial charge in [-0.15, -0.1) is 0 Å². The van der Waals surface area contributed by atoms with Crippen molar-refractivity contribution in [3.8, 4) is 0 Å². The summed E-state index contributed by atoms with van der Waals surface area (Å²) >= 11 is 5.95. The molecule has 5 nitrogen and oxygen atoms in total. The summed E-state index contributed by atoms with van der Waals surface area (Å²) in [6.07, 6.45) is 4.11. The molecule has 0 unspecified atom stereocenters. The van der Waals surface area contributed by atoms with E-state index in [9.17, 15) is 4.79 Å². The van der Waals surface area contributed by atoms with Crippen LogP contribution in [-0.2, 0) is 17.6 Å². The van der Waals surface area contributed by atoms with Crippen LogP contribution < -0.4 is 0 Å². The highest BCUT2D eigenvalue weighted by Crippen LogP contribution is 2.27. The Bertz CT molecular complexity index is 741. The molecule has 4 rings (SSSR count). The molecule has 2 aliphatic rings. The fourth-order valence-electron chi connectivity index (χ4n) is 3.52. The standard InChI is InChI=1S/C18H20ClN3O2/c19-13-7-5-12(6-8-13)16-11-22(9-10-24-16)18(23)17-14-3-1-2-4-15(14)20-21-17/h5-8,16H,1-4,9-11H2,(H,20,21)/t16-/m1/s1. The molecule has 0 radical (unpaired) electrons. The van der Waals surface area contributed by atoms with Gasteiger partial charge in [0.25, 0.3) is 5.91 Å². The van der Waals surface area contributed by atoms with Crippen LogP contribution in [0.5, 0.6) is 0 Å². The van der Waals surface area contributed by atoms with Gasteiger partial charge in [-0.05, 0) is 43.4 Å². The van der Waals surface area contributed by atoms with Crippen molar-refractivity contribution in [2.24, 2.45) is 0 Å². The van der Waals surface area contributed by atoms with Crippen molar-refractivity contribution in [3.05, 3.63) is 51.8 Å². The summed E-state index contributed by atoms with van der Waals surface area (Å²) in [7, 11) is 0. The number of benzene rings is 1. The topological polar surface area (TPSA) is 58.2 Å². The van der Waals surface area contributed by atoms with Gasteiger partial charge in [-0.3, -0.25) is 9.89 Å². The number of carbonyl (C=O) groups is 1. The summed E-state index contributed by atoms with van der Waals surface area (Å²) in [5, 5.41) is 8.06. The lowest BCUT2D eigenvalue weighted by Gasteiger charge is -2.33. The highest BCUT2D eigenvalue weighted by Gasteiger charge is 2.30. The molecule has 1 aromatic heterocycles. The van der Waals surface area contributed by atoms with Crippen LogP contribution in [0.25, 0.3) is 0 Å². The lowest BCUT2D eigenvalue weighted by molar-refractivity contribution is -0.0230. The first-order valence-corrected chi connectivity index (χ1v) is 8.82. The van der Waals surface area contributed by atoms with Crippen molar-refractivity contribution < 1.29 is 9.53 Å². The van der Waals surface area contributed by atoms with Crippen LogP contribution in [0.1, 0.15) is 46.3 Å². The molecule has 1 atom stereocenters. The maximum Gasteiger partial charge on any atom is 0.274 e. The minimum Gasteiger partial charge on any atom is -0.370 e. The number of aryl methyl sites for hydroxylation is 1. The Morgan fingerprint density at radius 1 is 1.25 bits per heavy atom. The first kappa shape index (κ1) is 15.7. The summed E-state index contributed by atoms with van der Waals surface area (Å²) < 4.78 is 5.85. The maximum absolute atomic E-state index is 12.9. The van der Waals surface area contributed by atoms with Crippen LogP contribution in [0.2, 0.25) is 5.02 Å². The van der Waals surface area contributed by atoms with Gasteiger partial charge in [0.2, 0.25) is 0 Å². The maximum atomic E-state index is 12.9. The number of morpholine rings is 1. The van der Waals surface area contributed by atoms with Gasteiger partial charge in [-0.1, -0.05) is 23.7 Å². The summed E-state index contributed by atoms with van der Waals surface area (Å²) in [4.78, 5) is 14.8.